The largest absolute Gasteiger partial charge is 0.512 e. The van der Waals surface area contributed by atoms with Gasteiger partial charge >= 0.3 is 35.2 Å². The number of hydrogen-bond acceptors (Lipinski definition) is 8. The highest BCUT2D eigenvalue weighted by Crippen LogP contribution is 2.38. The van der Waals surface area contributed by atoms with Gasteiger partial charge in [0.15, 0.2) is 0 Å². The predicted octanol–water partition coefficient (Wildman–Crippen LogP) is 7.24. The van der Waals surface area contributed by atoms with Crippen LogP contribution in [0.25, 0.3) is 0 Å². The van der Waals surface area contributed by atoms with Gasteiger partial charge in [-0.05, 0) is 52.4 Å². The second kappa shape index (κ2) is 17.2. The molecule has 8 nitrogen and oxygen atoms in total. The molecule has 0 spiro atoms. The normalized spacial score (nSPS) is 25.0. The van der Waals surface area contributed by atoms with Crippen molar-refractivity contribution in [1.29, 1.82) is 0 Å². The second-order valence-corrected chi connectivity index (χ2v) is 43.5. The summed E-state index contributed by atoms with van der Waals surface area (Å²) in [6, 6.07) is 39.3. The summed E-state index contributed by atoms with van der Waals surface area (Å²) >= 11 is 0. The molecule has 0 amide bonds. The van der Waals surface area contributed by atoms with E-state index in [2.05, 4.69) is 78.7 Å². The lowest BCUT2D eigenvalue weighted by atomic mass is 10.4. The van der Waals surface area contributed by atoms with E-state index in [1.807, 2.05) is 144 Å². The van der Waals surface area contributed by atoms with Crippen molar-refractivity contribution in [1.82, 2.24) is 0 Å². The summed E-state index contributed by atoms with van der Waals surface area (Å²) in [4.78, 5) is 0. The molecular formula is C40H56O8Si8. The summed E-state index contributed by atoms with van der Waals surface area (Å²) in [5, 5.41) is 2.81. The minimum atomic E-state index is -4.34. The molecule has 1 aliphatic heterocycles. The Hall–Kier alpha value is -2.74. The Balaban J connectivity index is 2.06. The van der Waals surface area contributed by atoms with Gasteiger partial charge in [0.2, 0.25) is 33.3 Å². The van der Waals surface area contributed by atoms with Crippen molar-refractivity contribution >= 4 is 89.2 Å². The second-order valence-electron chi connectivity index (χ2n) is 15.7. The zero-order valence-corrected chi connectivity index (χ0v) is 42.0. The van der Waals surface area contributed by atoms with Gasteiger partial charge in [0.1, 0.15) is 0 Å². The van der Waals surface area contributed by atoms with Gasteiger partial charge in [0, 0.05) is 20.7 Å². The Morgan fingerprint density at radius 2 is 0.500 bits per heavy atom. The van der Waals surface area contributed by atoms with E-state index in [0.717, 1.165) is 0 Å². The fourth-order valence-electron chi connectivity index (χ4n) is 5.79. The molecule has 4 aromatic rings. The topological polar surface area (TPSA) is 73.8 Å². The van der Waals surface area contributed by atoms with E-state index in [-0.39, 0.29) is 0 Å². The molecule has 0 unspecified atom stereocenters. The van der Waals surface area contributed by atoms with Crippen LogP contribution in [0.5, 0.6) is 0 Å². The van der Waals surface area contributed by atoms with Crippen LogP contribution in [0, 0.1) is 0 Å². The zero-order chi connectivity index (χ0) is 40.9. The lowest BCUT2D eigenvalue weighted by molar-refractivity contribution is 0.105. The Labute approximate surface area is 343 Å². The van der Waals surface area contributed by atoms with Crippen LogP contribution in [0.4, 0.5) is 0 Å². The Kier molecular flexibility index (Phi) is 13.7. The average molecular weight is 890 g/mol. The van der Waals surface area contributed by atoms with E-state index in [1.54, 1.807) is 0 Å². The first-order valence-corrected chi connectivity index (χ1v) is 37.5. The zero-order valence-electron chi connectivity index (χ0n) is 34.0. The fourth-order valence-corrected chi connectivity index (χ4v) is 38.4. The summed E-state index contributed by atoms with van der Waals surface area (Å²) < 4.78 is 61.7. The average Bonchev–Trinajstić information content (AvgIpc) is 3.18. The van der Waals surface area contributed by atoms with Gasteiger partial charge in [-0.25, -0.2) is 0 Å². The molecule has 1 heterocycles. The third-order valence-corrected chi connectivity index (χ3v) is 38.6. The maximum Gasteiger partial charge on any atom is 0.512 e. The lowest BCUT2D eigenvalue weighted by Gasteiger charge is -2.53. The minimum Gasteiger partial charge on any atom is -0.409 e. The van der Waals surface area contributed by atoms with Crippen LogP contribution in [0.3, 0.4) is 0 Å². The van der Waals surface area contributed by atoms with Gasteiger partial charge in [0.25, 0.3) is 0 Å². The van der Waals surface area contributed by atoms with E-state index < -0.39 is 68.5 Å². The molecule has 296 valence electrons. The molecule has 1 fully saturated rings. The summed E-state index contributed by atoms with van der Waals surface area (Å²) in [5.74, 6) is 0. The van der Waals surface area contributed by atoms with E-state index in [4.69, 9.17) is 32.9 Å². The van der Waals surface area contributed by atoms with Gasteiger partial charge in [-0.15, -0.1) is 26.3 Å². The quantitative estimate of drug-likeness (QED) is 0.109. The SMILES string of the molecule is C=C[Si](C)(C)O[Si]1(c2ccccc2)O[Si](O[Si](C)(C)C=C)(c2ccccc2)O[Si](O[Si](C)(C)C=C)(c2ccccc2)O[Si](O[Si](C)(C)C=C)(c2ccccc2)O1. The molecule has 1 saturated heterocycles. The van der Waals surface area contributed by atoms with Crippen molar-refractivity contribution in [2.24, 2.45) is 0 Å². The fraction of sp³-hybridized carbons (Fsp3) is 0.200. The molecule has 0 N–H and O–H groups in total. The maximum absolute atomic E-state index is 7.94. The number of rotatable bonds is 16. The third kappa shape index (κ3) is 10.1. The van der Waals surface area contributed by atoms with Crippen molar-refractivity contribution in [3.05, 3.63) is 170 Å². The van der Waals surface area contributed by atoms with Crippen LogP contribution < -0.4 is 20.7 Å². The van der Waals surface area contributed by atoms with Gasteiger partial charge in [-0.1, -0.05) is 144 Å². The summed E-state index contributed by atoms with van der Waals surface area (Å²) in [6.07, 6.45) is 0. The number of benzene rings is 4. The highest BCUT2D eigenvalue weighted by Gasteiger charge is 2.73. The molecule has 0 aliphatic carbocycles. The van der Waals surface area contributed by atoms with Gasteiger partial charge in [0.05, 0.1) is 0 Å². The van der Waals surface area contributed by atoms with Crippen LogP contribution in [-0.2, 0) is 32.9 Å². The molecule has 4 aromatic carbocycles. The van der Waals surface area contributed by atoms with Crippen LogP contribution in [-0.4, -0.2) is 68.5 Å². The molecule has 16 heteroatoms. The van der Waals surface area contributed by atoms with Gasteiger partial charge in [-0.2, -0.15) is 0 Å². The van der Waals surface area contributed by atoms with Crippen LogP contribution in [0.1, 0.15) is 0 Å². The highest BCUT2D eigenvalue weighted by atomic mass is 28.6. The minimum absolute atomic E-state index is 0.703. The number of hydrogen-bond donors (Lipinski definition) is 0. The summed E-state index contributed by atoms with van der Waals surface area (Å²) in [6.45, 7) is 33.5. The van der Waals surface area contributed by atoms with E-state index in [9.17, 15) is 0 Å². The Bertz CT molecular complexity index is 1670. The first-order valence-electron chi connectivity index (χ1n) is 18.7. The first kappa shape index (κ1) is 44.4. The van der Waals surface area contributed by atoms with Crippen LogP contribution in [0.2, 0.25) is 52.4 Å². The monoisotopic (exact) mass is 888 g/mol. The maximum atomic E-state index is 7.94. The van der Waals surface area contributed by atoms with Crippen LogP contribution in [0.15, 0.2) is 170 Å². The molecule has 1 aliphatic rings. The third-order valence-electron chi connectivity index (χ3n) is 9.14. The Morgan fingerprint density at radius 1 is 0.339 bits per heavy atom. The van der Waals surface area contributed by atoms with Crippen molar-refractivity contribution in [2.75, 3.05) is 0 Å². The van der Waals surface area contributed by atoms with Crippen molar-refractivity contribution < 1.29 is 32.9 Å². The van der Waals surface area contributed by atoms with Crippen LogP contribution >= 0.6 is 0 Å². The molecule has 0 atom stereocenters. The molecule has 0 radical (unpaired) electrons. The predicted molar refractivity (Wildman–Crippen MR) is 247 cm³/mol. The van der Waals surface area contributed by atoms with Crippen molar-refractivity contribution in [3.8, 4) is 0 Å². The summed E-state index contributed by atoms with van der Waals surface area (Å²) in [7, 11) is -28.6. The molecular weight excluding hydrogens is 833 g/mol. The van der Waals surface area contributed by atoms with Crippen molar-refractivity contribution in [3.63, 3.8) is 0 Å². The Morgan fingerprint density at radius 3 is 0.643 bits per heavy atom. The molecule has 5 rings (SSSR count). The smallest absolute Gasteiger partial charge is 0.409 e. The molecule has 0 saturated carbocycles. The highest BCUT2D eigenvalue weighted by molar-refractivity contribution is 7.07. The van der Waals surface area contributed by atoms with E-state index >= 15 is 0 Å². The standard InChI is InChI=1S/C40H56O8Si8/c1-13-49(5,6)41-53(37-29-21-17-22-30-37)45-54(42-50(7,8)14-2,38-31-23-18-24-32-38)47-56(44-52(11,12)16-4,40-35-27-20-28-36-40)48-55(46-53,43-51(9,10)15-3)39-33-25-19-26-34-39/h13-36H,1-4H2,5-12H3. The molecule has 0 bridgehead atoms. The first-order chi connectivity index (χ1) is 26.3. The lowest BCUT2D eigenvalue weighted by Crippen LogP contribution is -2.85. The van der Waals surface area contributed by atoms with Gasteiger partial charge in [-0.3, -0.25) is 0 Å². The van der Waals surface area contributed by atoms with E-state index in [1.165, 1.54) is 0 Å². The summed E-state index contributed by atoms with van der Waals surface area (Å²) in [5.41, 5.74) is 7.52. The van der Waals surface area contributed by atoms with Crippen molar-refractivity contribution in [2.45, 2.75) is 52.4 Å². The molecule has 0 aromatic heterocycles. The van der Waals surface area contributed by atoms with E-state index in [0.29, 0.717) is 20.7 Å². The molecule has 56 heavy (non-hydrogen) atoms. The van der Waals surface area contributed by atoms with Gasteiger partial charge < -0.3 is 32.9 Å².